The van der Waals surface area contributed by atoms with Crippen LogP contribution in [0.15, 0.2) is 23.1 Å². The van der Waals surface area contributed by atoms with E-state index >= 15 is 0 Å². The van der Waals surface area contributed by atoms with E-state index in [9.17, 15) is 21.6 Å². The number of halogens is 4. The Kier molecular flexibility index (Phi) is 5.81. The van der Waals surface area contributed by atoms with Crippen LogP contribution in [0.3, 0.4) is 0 Å². The monoisotopic (exact) mass is 330 g/mol. The number of sulfonamides is 1. The van der Waals surface area contributed by atoms with Crippen LogP contribution in [-0.4, -0.2) is 28.6 Å². The molecule has 0 atom stereocenters. The quantitative estimate of drug-likeness (QED) is 0.787. The largest absolute Gasteiger partial charge is 0.417 e. The summed E-state index contributed by atoms with van der Waals surface area (Å²) in [7, 11) is -2.63. The summed E-state index contributed by atoms with van der Waals surface area (Å²) in [6, 6.07) is 2.86. The Labute approximate surface area is 120 Å². The molecule has 0 aliphatic heterocycles. The van der Waals surface area contributed by atoms with Crippen LogP contribution in [-0.2, 0) is 16.2 Å². The molecule has 0 aliphatic carbocycles. The SMILES string of the molecule is CNCCCNS(=O)(=O)c1c(Cl)cccc1C(F)(F)F. The molecule has 0 unspecified atom stereocenters. The number of benzene rings is 1. The summed E-state index contributed by atoms with van der Waals surface area (Å²) in [5, 5.41) is 2.34. The molecule has 114 valence electrons. The molecule has 2 N–H and O–H groups in total. The van der Waals surface area contributed by atoms with E-state index in [1.54, 1.807) is 7.05 Å². The smallest absolute Gasteiger partial charge is 0.320 e. The summed E-state index contributed by atoms with van der Waals surface area (Å²) in [5.41, 5.74) is -1.27. The van der Waals surface area contributed by atoms with Gasteiger partial charge in [-0.2, -0.15) is 13.2 Å². The van der Waals surface area contributed by atoms with Gasteiger partial charge in [0, 0.05) is 6.54 Å². The lowest BCUT2D eigenvalue weighted by Crippen LogP contribution is -2.29. The van der Waals surface area contributed by atoms with Gasteiger partial charge >= 0.3 is 6.18 Å². The van der Waals surface area contributed by atoms with E-state index in [4.69, 9.17) is 11.6 Å². The van der Waals surface area contributed by atoms with Crippen molar-refractivity contribution in [3.63, 3.8) is 0 Å². The molecule has 0 heterocycles. The van der Waals surface area contributed by atoms with Crippen LogP contribution in [0.1, 0.15) is 12.0 Å². The van der Waals surface area contributed by atoms with Crippen LogP contribution in [0.4, 0.5) is 13.2 Å². The Balaban J connectivity index is 3.11. The second-order valence-electron chi connectivity index (χ2n) is 3.97. The third kappa shape index (κ3) is 4.34. The predicted octanol–water partition coefficient (Wildman–Crippen LogP) is 2.25. The molecule has 0 amide bonds. The number of nitrogens with one attached hydrogen (secondary N) is 2. The first-order chi connectivity index (χ1) is 9.20. The third-order valence-electron chi connectivity index (χ3n) is 2.44. The zero-order chi connectivity index (χ0) is 15.4. The summed E-state index contributed by atoms with van der Waals surface area (Å²) in [6.45, 7) is 0.558. The molecule has 0 aromatic heterocycles. The molecule has 0 saturated carbocycles. The molecule has 1 aromatic carbocycles. The number of hydrogen-bond acceptors (Lipinski definition) is 3. The second kappa shape index (κ2) is 6.75. The van der Waals surface area contributed by atoms with Gasteiger partial charge in [-0.1, -0.05) is 17.7 Å². The summed E-state index contributed by atoms with van der Waals surface area (Å²) in [4.78, 5) is -0.932. The fourth-order valence-corrected chi connectivity index (χ4v) is 3.38. The minimum absolute atomic E-state index is 0.0195. The predicted molar refractivity (Wildman–Crippen MR) is 70.2 cm³/mol. The highest BCUT2D eigenvalue weighted by Gasteiger charge is 2.38. The van der Waals surface area contributed by atoms with Gasteiger partial charge in [0.15, 0.2) is 0 Å². The van der Waals surface area contributed by atoms with E-state index in [0.717, 1.165) is 12.1 Å². The Morgan fingerprint density at radius 2 is 1.90 bits per heavy atom. The average Bonchev–Trinajstić information content (AvgIpc) is 2.33. The van der Waals surface area contributed by atoms with E-state index in [2.05, 4.69) is 10.0 Å². The van der Waals surface area contributed by atoms with Crippen LogP contribution < -0.4 is 10.0 Å². The second-order valence-corrected chi connectivity index (χ2v) is 6.08. The van der Waals surface area contributed by atoms with Crippen LogP contribution in [0.2, 0.25) is 5.02 Å². The molecule has 0 spiro atoms. The Bertz CT molecular complexity index is 561. The topological polar surface area (TPSA) is 58.2 Å². The van der Waals surface area contributed by atoms with Crippen molar-refractivity contribution in [1.82, 2.24) is 10.0 Å². The number of hydrogen-bond donors (Lipinski definition) is 2. The fraction of sp³-hybridized carbons (Fsp3) is 0.455. The van der Waals surface area contributed by atoms with Gasteiger partial charge in [-0.05, 0) is 32.1 Å². The van der Waals surface area contributed by atoms with Crippen molar-refractivity contribution in [3.8, 4) is 0 Å². The molecular formula is C11H14ClF3N2O2S. The van der Waals surface area contributed by atoms with E-state index in [0.29, 0.717) is 19.0 Å². The van der Waals surface area contributed by atoms with Gasteiger partial charge in [0.1, 0.15) is 4.90 Å². The van der Waals surface area contributed by atoms with Gasteiger partial charge in [-0.15, -0.1) is 0 Å². The summed E-state index contributed by atoms with van der Waals surface area (Å²) in [6.07, 6.45) is -4.35. The van der Waals surface area contributed by atoms with Gasteiger partial charge in [-0.3, -0.25) is 0 Å². The maximum absolute atomic E-state index is 12.8. The molecule has 0 radical (unpaired) electrons. The first-order valence-electron chi connectivity index (χ1n) is 5.70. The highest BCUT2D eigenvalue weighted by Crippen LogP contribution is 2.37. The molecule has 0 saturated heterocycles. The molecule has 0 bridgehead atoms. The first-order valence-corrected chi connectivity index (χ1v) is 7.56. The lowest BCUT2D eigenvalue weighted by atomic mass is 10.2. The number of rotatable bonds is 6. The van der Waals surface area contributed by atoms with Crippen LogP contribution >= 0.6 is 11.6 Å². The van der Waals surface area contributed by atoms with Crippen LogP contribution in [0, 0.1) is 0 Å². The number of alkyl halides is 3. The average molecular weight is 331 g/mol. The van der Waals surface area contributed by atoms with Crippen molar-refractivity contribution < 1.29 is 21.6 Å². The lowest BCUT2D eigenvalue weighted by Gasteiger charge is -2.15. The molecule has 4 nitrogen and oxygen atoms in total. The molecule has 20 heavy (non-hydrogen) atoms. The van der Waals surface area contributed by atoms with Crippen LogP contribution in [0.5, 0.6) is 0 Å². The van der Waals surface area contributed by atoms with E-state index in [1.807, 2.05) is 0 Å². The van der Waals surface area contributed by atoms with E-state index in [-0.39, 0.29) is 6.54 Å². The minimum atomic E-state index is -4.79. The highest BCUT2D eigenvalue weighted by atomic mass is 35.5. The Hall–Kier alpha value is -0.830. The molecule has 0 aliphatic rings. The van der Waals surface area contributed by atoms with Gasteiger partial charge < -0.3 is 5.32 Å². The summed E-state index contributed by atoms with van der Waals surface area (Å²) < 4.78 is 64.6. The van der Waals surface area contributed by atoms with E-state index < -0.39 is 31.7 Å². The maximum Gasteiger partial charge on any atom is 0.417 e. The Morgan fingerprint density at radius 1 is 1.25 bits per heavy atom. The molecule has 1 aromatic rings. The van der Waals surface area contributed by atoms with Crippen molar-refractivity contribution in [2.75, 3.05) is 20.1 Å². The zero-order valence-corrected chi connectivity index (χ0v) is 12.2. The minimum Gasteiger partial charge on any atom is -0.320 e. The standard InChI is InChI=1S/C11H14ClF3N2O2S/c1-16-6-3-7-17-20(18,19)10-8(11(13,14)15)4-2-5-9(10)12/h2,4-5,16-17H,3,6-7H2,1H3. The van der Waals surface area contributed by atoms with Gasteiger partial charge in [0.25, 0.3) is 0 Å². The van der Waals surface area contributed by atoms with Crippen molar-refractivity contribution in [3.05, 3.63) is 28.8 Å². The van der Waals surface area contributed by atoms with Crippen LogP contribution in [0.25, 0.3) is 0 Å². The molecular weight excluding hydrogens is 317 g/mol. The van der Waals surface area contributed by atoms with Crippen molar-refractivity contribution in [2.45, 2.75) is 17.5 Å². The zero-order valence-electron chi connectivity index (χ0n) is 10.6. The third-order valence-corrected chi connectivity index (χ3v) is 4.43. The highest BCUT2D eigenvalue weighted by molar-refractivity contribution is 7.89. The molecule has 0 fully saturated rings. The first kappa shape index (κ1) is 17.2. The van der Waals surface area contributed by atoms with Crippen molar-refractivity contribution in [2.24, 2.45) is 0 Å². The van der Waals surface area contributed by atoms with Crippen molar-refractivity contribution in [1.29, 1.82) is 0 Å². The van der Waals surface area contributed by atoms with Gasteiger partial charge in [0.05, 0.1) is 10.6 Å². The lowest BCUT2D eigenvalue weighted by molar-refractivity contribution is -0.139. The molecule has 1 rings (SSSR count). The van der Waals surface area contributed by atoms with Gasteiger partial charge in [-0.25, -0.2) is 13.1 Å². The fourth-order valence-electron chi connectivity index (χ4n) is 1.55. The Morgan fingerprint density at radius 3 is 2.45 bits per heavy atom. The van der Waals surface area contributed by atoms with Crippen molar-refractivity contribution >= 4 is 21.6 Å². The van der Waals surface area contributed by atoms with Gasteiger partial charge in [0.2, 0.25) is 10.0 Å². The summed E-state index contributed by atoms with van der Waals surface area (Å²) in [5.74, 6) is 0. The maximum atomic E-state index is 12.8. The summed E-state index contributed by atoms with van der Waals surface area (Å²) >= 11 is 5.63. The molecule has 9 heteroatoms. The normalized spacial score (nSPS) is 12.7. The van der Waals surface area contributed by atoms with E-state index in [1.165, 1.54) is 0 Å².